The van der Waals surface area contributed by atoms with Crippen LogP contribution in [0.15, 0.2) is 18.2 Å². The lowest BCUT2D eigenvalue weighted by molar-refractivity contribution is -0.138. The topological polar surface area (TPSA) is 31.4 Å². The van der Waals surface area contributed by atoms with Crippen LogP contribution < -0.4 is 4.74 Å². The lowest BCUT2D eigenvalue weighted by Crippen LogP contribution is -2.10. The van der Waals surface area contributed by atoms with E-state index in [0.717, 1.165) is 10.9 Å². The second-order valence-electron chi connectivity index (χ2n) is 6.24. The molecule has 0 aliphatic carbocycles. The quantitative estimate of drug-likeness (QED) is 0.496. The Kier molecular flexibility index (Phi) is 7.32. The molecule has 26 heavy (non-hydrogen) atoms. The molecule has 1 aromatic carbocycles. The first-order valence-electron chi connectivity index (χ1n) is 8.21. The number of ether oxygens (including phenoxy) is 2. The maximum absolute atomic E-state index is 13.5. The highest BCUT2D eigenvalue weighted by Crippen LogP contribution is 2.40. The zero-order valence-corrected chi connectivity index (χ0v) is 16.4. The van der Waals surface area contributed by atoms with E-state index in [0.29, 0.717) is 41.1 Å². The number of alkyl halides is 3. The largest absolute Gasteiger partial charge is 0.493 e. The number of hydrogen-bond donors (Lipinski definition) is 0. The fourth-order valence-corrected chi connectivity index (χ4v) is 3.85. The van der Waals surface area contributed by atoms with Crippen LogP contribution in [0.25, 0.3) is 11.3 Å². The second-order valence-corrected chi connectivity index (χ2v) is 7.91. The van der Waals surface area contributed by atoms with E-state index in [1.54, 1.807) is 6.07 Å². The van der Waals surface area contributed by atoms with Crippen LogP contribution in [0.3, 0.4) is 0 Å². The molecule has 0 unspecified atom stereocenters. The van der Waals surface area contributed by atoms with Crippen molar-refractivity contribution in [3.8, 4) is 17.0 Å². The highest BCUT2D eigenvalue weighted by molar-refractivity contribution is 7.16. The lowest BCUT2D eigenvalue weighted by atomic mass is 10.0. The molecule has 0 saturated heterocycles. The Hall–Kier alpha value is -1.31. The molecule has 0 saturated carbocycles. The molecule has 0 amide bonds. The molecule has 3 nitrogen and oxygen atoms in total. The number of benzene rings is 1. The summed E-state index contributed by atoms with van der Waals surface area (Å²) in [4.78, 5) is 5.11. The third kappa shape index (κ3) is 5.59. The molecule has 2 aromatic rings. The van der Waals surface area contributed by atoms with Gasteiger partial charge in [-0.15, -0.1) is 11.3 Å². The van der Waals surface area contributed by atoms with Crippen LogP contribution >= 0.6 is 22.9 Å². The average molecular weight is 408 g/mol. The van der Waals surface area contributed by atoms with E-state index in [1.807, 2.05) is 13.8 Å². The molecule has 1 heterocycles. The summed E-state index contributed by atoms with van der Waals surface area (Å²) in [6.45, 7) is 4.65. The number of hydrogen-bond acceptors (Lipinski definition) is 4. The summed E-state index contributed by atoms with van der Waals surface area (Å²) < 4.78 is 51.0. The van der Waals surface area contributed by atoms with Crippen LogP contribution in [-0.4, -0.2) is 25.3 Å². The number of thiazole rings is 1. The molecule has 0 atom stereocenters. The lowest BCUT2D eigenvalue weighted by Gasteiger charge is -2.15. The van der Waals surface area contributed by atoms with Crippen LogP contribution in [0, 0.1) is 5.92 Å². The summed E-state index contributed by atoms with van der Waals surface area (Å²) in [5.41, 5.74) is 0.0811. The van der Waals surface area contributed by atoms with Gasteiger partial charge in [0.1, 0.15) is 5.75 Å². The molecule has 0 spiro atoms. The maximum Gasteiger partial charge on any atom is 0.419 e. The monoisotopic (exact) mass is 407 g/mol. The maximum atomic E-state index is 13.5. The van der Waals surface area contributed by atoms with Gasteiger partial charge in [-0.05, 0) is 30.5 Å². The van der Waals surface area contributed by atoms with Gasteiger partial charge in [0.2, 0.25) is 0 Å². The number of rotatable bonds is 8. The van der Waals surface area contributed by atoms with Gasteiger partial charge in [-0.2, -0.15) is 13.2 Å². The third-order valence-corrected chi connectivity index (χ3v) is 4.76. The van der Waals surface area contributed by atoms with E-state index in [2.05, 4.69) is 4.98 Å². The van der Waals surface area contributed by atoms with Crippen LogP contribution in [-0.2, 0) is 17.3 Å². The van der Waals surface area contributed by atoms with E-state index in [9.17, 15) is 13.2 Å². The molecular weight excluding hydrogens is 387 g/mol. The standard InChI is InChI=1S/C18H21ClF3NO2S/c1-11(2)9-15-16(23-17(19)26-15)12-5-6-14(25-8-4-7-24-3)13(10-12)18(20,21)22/h5-6,10-11H,4,7-9H2,1-3H3. The van der Waals surface area contributed by atoms with Gasteiger partial charge < -0.3 is 9.47 Å². The number of halogens is 4. The van der Waals surface area contributed by atoms with Crippen LogP contribution in [0.4, 0.5) is 13.2 Å². The average Bonchev–Trinajstić information content (AvgIpc) is 2.90. The minimum Gasteiger partial charge on any atom is -0.493 e. The molecule has 8 heteroatoms. The van der Waals surface area contributed by atoms with Crippen molar-refractivity contribution in [1.82, 2.24) is 4.98 Å². The van der Waals surface area contributed by atoms with Crippen molar-refractivity contribution in [3.63, 3.8) is 0 Å². The molecule has 2 rings (SSSR count). The van der Waals surface area contributed by atoms with Gasteiger partial charge in [-0.25, -0.2) is 4.98 Å². The smallest absolute Gasteiger partial charge is 0.419 e. The van der Waals surface area contributed by atoms with E-state index in [-0.39, 0.29) is 12.4 Å². The van der Waals surface area contributed by atoms with Crippen molar-refractivity contribution in [2.24, 2.45) is 5.92 Å². The van der Waals surface area contributed by atoms with Gasteiger partial charge in [0, 0.05) is 30.6 Å². The van der Waals surface area contributed by atoms with E-state index >= 15 is 0 Å². The zero-order chi connectivity index (χ0) is 19.3. The highest BCUT2D eigenvalue weighted by Gasteiger charge is 2.35. The van der Waals surface area contributed by atoms with E-state index in [1.165, 1.54) is 24.5 Å². The first kappa shape index (κ1) is 21.0. The minimum absolute atomic E-state index is 0.150. The summed E-state index contributed by atoms with van der Waals surface area (Å²) in [6, 6.07) is 4.02. The predicted molar refractivity (Wildman–Crippen MR) is 98.1 cm³/mol. The van der Waals surface area contributed by atoms with Crippen molar-refractivity contribution in [1.29, 1.82) is 0 Å². The van der Waals surface area contributed by atoms with Crippen molar-refractivity contribution in [2.45, 2.75) is 32.9 Å². The number of nitrogens with zero attached hydrogens (tertiary/aromatic N) is 1. The van der Waals surface area contributed by atoms with E-state index in [4.69, 9.17) is 21.1 Å². The second kappa shape index (κ2) is 9.06. The third-order valence-electron chi connectivity index (χ3n) is 3.57. The van der Waals surface area contributed by atoms with E-state index < -0.39 is 11.7 Å². The Morgan fingerprint density at radius 3 is 2.58 bits per heavy atom. The Labute approximate surface area is 160 Å². The van der Waals surface area contributed by atoms with Crippen LogP contribution in [0.5, 0.6) is 5.75 Å². The fraction of sp³-hybridized carbons (Fsp3) is 0.500. The molecule has 0 fully saturated rings. The van der Waals surface area contributed by atoms with Crippen LogP contribution in [0.2, 0.25) is 4.47 Å². The van der Waals surface area contributed by atoms with Gasteiger partial charge in [-0.1, -0.05) is 25.4 Å². The van der Waals surface area contributed by atoms with Crippen molar-refractivity contribution < 1.29 is 22.6 Å². The normalized spacial score (nSPS) is 12.0. The summed E-state index contributed by atoms with van der Waals surface area (Å²) >= 11 is 7.31. The number of methoxy groups -OCH3 is 1. The van der Waals surface area contributed by atoms with Gasteiger partial charge in [0.25, 0.3) is 0 Å². The Morgan fingerprint density at radius 1 is 1.23 bits per heavy atom. The molecule has 1 aromatic heterocycles. The molecule has 0 radical (unpaired) electrons. The van der Waals surface area contributed by atoms with Gasteiger partial charge in [0.05, 0.1) is 17.9 Å². The highest BCUT2D eigenvalue weighted by atomic mass is 35.5. The molecular formula is C18H21ClF3NO2S. The Morgan fingerprint density at radius 2 is 1.96 bits per heavy atom. The molecule has 0 aliphatic rings. The first-order chi connectivity index (χ1) is 12.2. The first-order valence-corrected chi connectivity index (χ1v) is 9.40. The van der Waals surface area contributed by atoms with Crippen molar-refractivity contribution >= 4 is 22.9 Å². The Balaban J connectivity index is 2.37. The SMILES string of the molecule is COCCCOc1ccc(-c2nc(Cl)sc2CC(C)C)cc1C(F)(F)F. The van der Waals surface area contributed by atoms with Crippen LogP contribution in [0.1, 0.15) is 30.7 Å². The fourth-order valence-electron chi connectivity index (χ4n) is 2.47. The minimum atomic E-state index is -4.52. The Bertz CT molecular complexity index is 732. The summed E-state index contributed by atoms with van der Waals surface area (Å²) in [5.74, 6) is 0.153. The number of aromatic nitrogens is 1. The molecule has 144 valence electrons. The molecule has 0 aliphatic heterocycles. The summed E-state index contributed by atoms with van der Waals surface area (Å²) in [6.07, 6.45) is -3.31. The summed E-state index contributed by atoms with van der Waals surface area (Å²) in [5, 5.41) is 0. The van der Waals surface area contributed by atoms with Crippen molar-refractivity contribution in [3.05, 3.63) is 33.1 Å². The molecule has 0 bridgehead atoms. The summed E-state index contributed by atoms with van der Waals surface area (Å²) in [7, 11) is 1.53. The van der Waals surface area contributed by atoms with Gasteiger partial charge >= 0.3 is 6.18 Å². The van der Waals surface area contributed by atoms with Gasteiger partial charge in [0.15, 0.2) is 4.47 Å². The predicted octanol–water partition coefficient (Wildman–Crippen LogP) is 6.10. The molecule has 0 N–H and O–H groups in total. The van der Waals surface area contributed by atoms with Crippen molar-refractivity contribution in [2.75, 3.05) is 20.3 Å². The zero-order valence-electron chi connectivity index (χ0n) is 14.8. The van der Waals surface area contributed by atoms with Gasteiger partial charge in [-0.3, -0.25) is 0 Å².